The summed E-state index contributed by atoms with van der Waals surface area (Å²) in [5, 5.41) is 24.3. The zero-order valence-electron chi connectivity index (χ0n) is 45.7. The molecule has 2 aromatic heterocycles. The highest BCUT2D eigenvalue weighted by Gasteiger charge is 2.53. The standard InChI is InChI=1S/C57H65F5N10O8S/c1-30-26-71(27-31(2)70(30)7)44-15-13-35(21-43(44)68-51(77)39-25-65-46(74)23-40(39)57(60,61)62)38-20-36(12-14-41(38)58)50(76)64-19-18-63-47(75)24-42(33-8-10-34(11-9-33)48-32(3)66-29-81-48)67-52(78)45-22-37(73)28-72(45)53(79)49(55(4,5)6)69-54(80)56(59)16-17-56/h8-15,20-21,23,25,29-31,37,42,45,49,73H,16-19,22,24,26-28H2,1-7H3,(H,63,75)(H,64,76)(H,65,74)(H,67,78)(H,68,77)(H,69,80)/t30-,31+,37-,42?,45+,49?/m1/s1. The number of anilines is 2. The first-order chi connectivity index (χ1) is 38.1. The minimum absolute atomic E-state index is 0.00640. The molecule has 6 atom stereocenters. The Morgan fingerprint density at radius 3 is 2.17 bits per heavy atom. The molecule has 3 aromatic carbocycles. The van der Waals surface area contributed by atoms with Crippen molar-refractivity contribution in [3.63, 3.8) is 0 Å². The number of aromatic amines is 1. The van der Waals surface area contributed by atoms with Crippen LogP contribution in [0.15, 0.2) is 83.2 Å². The highest BCUT2D eigenvalue weighted by molar-refractivity contribution is 7.13. The van der Waals surface area contributed by atoms with E-state index < -0.39 is 99.4 Å². The number of halogens is 5. The highest BCUT2D eigenvalue weighted by Crippen LogP contribution is 2.41. The molecule has 81 heavy (non-hydrogen) atoms. The van der Waals surface area contributed by atoms with Gasteiger partial charge in [0.2, 0.25) is 23.3 Å². The largest absolute Gasteiger partial charge is 0.417 e. The number of aromatic nitrogens is 2. The van der Waals surface area contributed by atoms with Crippen LogP contribution in [0.2, 0.25) is 0 Å². The van der Waals surface area contributed by atoms with Gasteiger partial charge in [0.25, 0.3) is 17.7 Å². The first kappa shape index (κ1) is 59.5. The average molecular weight is 1150 g/mol. The van der Waals surface area contributed by atoms with Crippen LogP contribution in [0, 0.1) is 18.2 Å². The number of aliphatic hydroxyl groups is 1. The predicted octanol–water partition coefficient (Wildman–Crippen LogP) is 6.50. The fourth-order valence-corrected chi connectivity index (χ4v) is 10.9. The molecule has 2 aliphatic heterocycles. The van der Waals surface area contributed by atoms with E-state index in [-0.39, 0.29) is 79.8 Å². The van der Waals surface area contributed by atoms with Crippen molar-refractivity contribution < 1.29 is 55.8 Å². The number of thiazole rings is 1. The van der Waals surface area contributed by atoms with Crippen molar-refractivity contribution >= 4 is 58.2 Å². The van der Waals surface area contributed by atoms with Crippen LogP contribution in [0.3, 0.4) is 0 Å². The molecule has 5 aromatic rings. The van der Waals surface area contributed by atoms with E-state index in [4.69, 9.17) is 0 Å². The molecule has 1 saturated carbocycles. The van der Waals surface area contributed by atoms with E-state index in [1.54, 1.807) is 50.5 Å². The molecule has 2 saturated heterocycles. The van der Waals surface area contributed by atoms with Crippen molar-refractivity contribution in [1.82, 2.24) is 41.0 Å². The number of nitrogens with one attached hydrogen (secondary N) is 6. The van der Waals surface area contributed by atoms with Crippen molar-refractivity contribution in [3.8, 4) is 21.6 Å². The fraction of sp³-hybridized carbons (Fsp3) is 0.439. The SMILES string of the molecule is Cc1ncsc1-c1ccc(C(CC(=O)NCCNC(=O)c2ccc(F)c(-c3ccc(N4C[C@@H](C)N(C)[C@@H](C)C4)c(NC(=O)c4c[nH]c(=O)cc4C(F)(F)F)c3)c2)NC(=O)[C@@H]2C[C@@H](O)CN2C(=O)C(NC(=O)C2(F)CC2)C(C)(C)C)cc1. The summed E-state index contributed by atoms with van der Waals surface area (Å²) in [6.45, 7) is 11.4. The number of benzene rings is 3. The lowest BCUT2D eigenvalue weighted by atomic mass is 9.85. The molecule has 3 aliphatic rings. The van der Waals surface area contributed by atoms with E-state index in [0.29, 0.717) is 36.6 Å². The summed E-state index contributed by atoms with van der Waals surface area (Å²) in [5.41, 5.74) is -1.86. The number of pyridine rings is 1. The van der Waals surface area contributed by atoms with Crippen molar-refractivity contribution in [3.05, 3.63) is 123 Å². The Hall–Kier alpha value is -7.57. The molecule has 2 unspecified atom stereocenters. The van der Waals surface area contributed by atoms with E-state index >= 15 is 4.39 Å². The molecule has 7 N–H and O–H groups in total. The topological polar surface area (TPSA) is 238 Å². The normalized spacial score (nSPS) is 19.8. The lowest BCUT2D eigenvalue weighted by Crippen LogP contribution is -2.59. The zero-order valence-corrected chi connectivity index (χ0v) is 46.5. The van der Waals surface area contributed by atoms with Crippen LogP contribution in [0.1, 0.15) is 104 Å². The second-order valence-electron chi connectivity index (χ2n) is 22.2. The number of hydrogen-bond donors (Lipinski definition) is 7. The third-order valence-corrected chi connectivity index (χ3v) is 16.0. The number of aliphatic hydroxyl groups excluding tert-OH is 1. The molecular weight excluding hydrogens is 1080 g/mol. The van der Waals surface area contributed by atoms with Crippen LogP contribution >= 0.6 is 11.3 Å². The number of β-amino-alcohol motifs (C(OH)–C–C–N with tert-alkyl or cyclic N) is 1. The van der Waals surface area contributed by atoms with Crippen molar-refractivity contribution in [2.24, 2.45) is 5.41 Å². The Morgan fingerprint density at radius 1 is 0.877 bits per heavy atom. The monoisotopic (exact) mass is 1140 g/mol. The van der Waals surface area contributed by atoms with Crippen LogP contribution in [0.5, 0.6) is 0 Å². The lowest BCUT2D eigenvalue weighted by molar-refractivity contribution is -0.145. The van der Waals surface area contributed by atoms with Gasteiger partial charge >= 0.3 is 6.18 Å². The highest BCUT2D eigenvalue weighted by atomic mass is 32.1. The van der Waals surface area contributed by atoms with E-state index in [2.05, 4.69) is 41.5 Å². The minimum atomic E-state index is -5.04. The molecule has 6 amide bonds. The van der Waals surface area contributed by atoms with Gasteiger partial charge in [0.05, 0.1) is 57.1 Å². The van der Waals surface area contributed by atoms with Crippen molar-refractivity contribution in [2.45, 2.75) is 115 Å². The summed E-state index contributed by atoms with van der Waals surface area (Å²) in [5.74, 6) is -5.42. The second kappa shape index (κ2) is 23.9. The van der Waals surface area contributed by atoms with Crippen LogP contribution in [-0.2, 0) is 25.4 Å². The van der Waals surface area contributed by atoms with Gasteiger partial charge < -0.3 is 46.5 Å². The number of aryl methyl sites for hydroxylation is 1. The number of likely N-dealkylation sites (tertiary alicyclic amines) is 1. The molecule has 8 rings (SSSR count). The fourth-order valence-electron chi connectivity index (χ4n) is 10.1. The number of H-pyrrole nitrogens is 1. The summed E-state index contributed by atoms with van der Waals surface area (Å²) in [6, 6.07) is 12.2. The second-order valence-corrected chi connectivity index (χ2v) is 23.0. The van der Waals surface area contributed by atoms with Gasteiger partial charge in [-0.15, -0.1) is 11.3 Å². The zero-order chi connectivity index (χ0) is 58.9. The molecule has 0 spiro atoms. The molecule has 24 heteroatoms. The third-order valence-electron chi connectivity index (χ3n) is 15.1. The maximum Gasteiger partial charge on any atom is 0.417 e. The molecule has 1 aliphatic carbocycles. The van der Waals surface area contributed by atoms with Gasteiger partial charge in [0.1, 0.15) is 17.9 Å². The number of carbonyl (C=O) groups excluding carboxylic acids is 6. The molecule has 432 valence electrons. The van der Waals surface area contributed by atoms with Gasteiger partial charge in [-0.3, -0.25) is 38.5 Å². The van der Waals surface area contributed by atoms with Gasteiger partial charge in [-0.2, -0.15) is 13.2 Å². The minimum Gasteiger partial charge on any atom is -0.391 e. The number of likely N-dealkylation sites (N-methyl/N-ethyl adjacent to an activating group) is 1. The molecule has 3 fully saturated rings. The van der Waals surface area contributed by atoms with Gasteiger partial charge in [0, 0.05) is 74.6 Å². The first-order valence-corrected chi connectivity index (χ1v) is 27.4. The number of amides is 6. The van der Waals surface area contributed by atoms with Crippen molar-refractivity contribution in [1.29, 1.82) is 0 Å². The molecular formula is C57H65F5N10O8S. The van der Waals surface area contributed by atoms with Crippen LogP contribution < -0.4 is 37.0 Å². The van der Waals surface area contributed by atoms with Crippen LogP contribution in [0.4, 0.5) is 33.3 Å². The summed E-state index contributed by atoms with van der Waals surface area (Å²) in [7, 11) is 1.96. The molecule has 0 radical (unpaired) electrons. The van der Waals surface area contributed by atoms with Gasteiger partial charge in [-0.25, -0.2) is 13.8 Å². The quantitative estimate of drug-likeness (QED) is 0.0392. The number of piperazine rings is 1. The van der Waals surface area contributed by atoms with Gasteiger partial charge in [-0.1, -0.05) is 51.1 Å². The van der Waals surface area contributed by atoms with Gasteiger partial charge in [-0.05, 0) is 93.1 Å². The Bertz CT molecular complexity index is 3260. The lowest BCUT2D eigenvalue weighted by Gasteiger charge is -2.44. The summed E-state index contributed by atoms with van der Waals surface area (Å²) in [4.78, 5) is 107. The molecule has 4 heterocycles. The maximum atomic E-state index is 15.8. The Morgan fingerprint density at radius 2 is 1.54 bits per heavy atom. The number of carbonyl (C=O) groups is 6. The number of alkyl halides is 4. The molecule has 0 bridgehead atoms. The van der Waals surface area contributed by atoms with E-state index in [1.807, 2.05) is 44.9 Å². The smallest absolute Gasteiger partial charge is 0.391 e. The van der Waals surface area contributed by atoms with Crippen molar-refractivity contribution in [2.75, 3.05) is 50.0 Å². The Kier molecular flexibility index (Phi) is 17.5. The summed E-state index contributed by atoms with van der Waals surface area (Å²) in [6.07, 6.45) is -5.88. The van der Waals surface area contributed by atoms with Crippen LogP contribution in [-0.4, -0.2) is 136 Å². The third kappa shape index (κ3) is 13.8. The average Bonchev–Trinajstić information content (AvgIpc) is 3.89. The predicted molar refractivity (Wildman–Crippen MR) is 294 cm³/mol. The number of nitrogens with zero attached hydrogens (tertiary/aromatic N) is 4. The number of rotatable bonds is 17. The Labute approximate surface area is 468 Å². The van der Waals surface area contributed by atoms with Gasteiger partial charge in [0.15, 0.2) is 5.67 Å². The summed E-state index contributed by atoms with van der Waals surface area (Å²) >= 11 is 1.44. The van der Waals surface area contributed by atoms with E-state index in [1.165, 1.54) is 34.4 Å². The van der Waals surface area contributed by atoms with E-state index in [0.717, 1.165) is 22.2 Å². The van der Waals surface area contributed by atoms with E-state index in [9.17, 15) is 56.2 Å². The summed E-state index contributed by atoms with van der Waals surface area (Å²) < 4.78 is 72.8. The Balaban J connectivity index is 0.960. The first-order valence-electron chi connectivity index (χ1n) is 26.5. The number of hydrogen-bond acceptors (Lipinski definition) is 12. The van der Waals surface area contributed by atoms with Crippen LogP contribution in [0.25, 0.3) is 21.6 Å². The maximum absolute atomic E-state index is 15.8. The molecule has 18 nitrogen and oxygen atoms in total.